The maximum atomic E-state index is 13.3. The number of hydrogen-bond donors (Lipinski definition) is 1. The number of fused-ring (bicyclic) bond motifs is 1. The summed E-state index contributed by atoms with van der Waals surface area (Å²) in [4.78, 5) is 43.0. The van der Waals surface area contributed by atoms with Gasteiger partial charge in [-0.2, -0.15) is 0 Å². The molecule has 2 aliphatic heterocycles. The van der Waals surface area contributed by atoms with E-state index in [-0.39, 0.29) is 24.3 Å². The molecular weight excluding hydrogens is 673 g/mol. The predicted octanol–water partition coefficient (Wildman–Crippen LogP) is 9.55. The second-order valence-corrected chi connectivity index (χ2v) is 23.0. The SMILES string of the molecule is CC(C)(C)OC(=O)N1CCC[C@H]1c1ncc(-c2ccc(-c3ccc4nc([C@@H]5CCCN5C(=O)OC(C)(C)C)n(COCC[Si](C)(C)C)c4c3)cc2)[nH]1. The number of amides is 2. The summed E-state index contributed by atoms with van der Waals surface area (Å²) < 4.78 is 19.9. The molecule has 0 spiro atoms. The van der Waals surface area contributed by atoms with E-state index in [1.807, 2.05) is 52.6 Å². The summed E-state index contributed by atoms with van der Waals surface area (Å²) in [5.41, 5.74) is 4.77. The molecule has 0 aliphatic carbocycles. The van der Waals surface area contributed by atoms with Crippen molar-refractivity contribution in [1.82, 2.24) is 29.3 Å². The number of aromatic nitrogens is 4. The third-order valence-electron chi connectivity index (χ3n) is 9.49. The number of imidazole rings is 2. The molecule has 280 valence electrons. The number of carbonyl (C=O) groups is 2. The Morgan fingerprint density at radius 2 is 1.40 bits per heavy atom. The average Bonchev–Trinajstić information content (AvgIpc) is 3.86. The van der Waals surface area contributed by atoms with Crippen LogP contribution in [0.2, 0.25) is 25.7 Å². The Kier molecular flexibility index (Phi) is 10.6. The van der Waals surface area contributed by atoms with Crippen LogP contribution in [-0.4, -0.2) is 80.5 Å². The largest absolute Gasteiger partial charge is 0.444 e. The lowest BCUT2D eigenvalue weighted by Crippen LogP contribution is -2.37. The summed E-state index contributed by atoms with van der Waals surface area (Å²) in [6, 6.07) is 15.5. The quantitative estimate of drug-likeness (QED) is 0.135. The van der Waals surface area contributed by atoms with Gasteiger partial charge in [-0.05, 0) is 102 Å². The Bertz CT molecular complexity index is 1880. The van der Waals surface area contributed by atoms with Crippen molar-refractivity contribution in [2.24, 2.45) is 0 Å². The number of hydrogen-bond acceptors (Lipinski definition) is 7. The molecule has 2 atom stereocenters. The zero-order valence-corrected chi connectivity index (χ0v) is 33.4. The van der Waals surface area contributed by atoms with E-state index in [0.29, 0.717) is 26.4 Å². The maximum absolute atomic E-state index is 13.3. The number of benzene rings is 2. The molecule has 12 heteroatoms. The summed E-state index contributed by atoms with van der Waals surface area (Å²) in [6.07, 6.45) is 4.70. The summed E-state index contributed by atoms with van der Waals surface area (Å²) in [6.45, 7) is 20.8. The Morgan fingerprint density at radius 3 is 2.02 bits per heavy atom. The minimum Gasteiger partial charge on any atom is -0.444 e. The van der Waals surface area contributed by atoms with Crippen molar-refractivity contribution in [1.29, 1.82) is 0 Å². The van der Waals surface area contributed by atoms with Crippen molar-refractivity contribution >= 4 is 31.3 Å². The number of carbonyl (C=O) groups excluding carboxylic acids is 2. The second kappa shape index (κ2) is 14.7. The zero-order valence-electron chi connectivity index (χ0n) is 32.4. The molecule has 52 heavy (non-hydrogen) atoms. The van der Waals surface area contributed by atoms with Gasteiger partial charge in [0.1, 0.15) is 29.6 Å². The van der Waals surface area contributed by atoms with Crippen LogP contribution in [0.3, 0.4) is 0 Å². The van der Waals surface area contributed by atoms with Gasteiger partial charge in [-0.1, -0.05) is 50.0 Å². The molecular formula is C40H56N6O5Si. The molecule has 2 aromatic carbocycles. The lowest BCUT2D eigenvalue weighted by molar-refractivity contribution is 0.0200. The van der Waals surface area contributed by atoms with Crippen molar-refractivity contribution in [3.05, 3.63) is 60.3 Å². The molecule has 2 saturated heterocycles. The van der Waals surface area contributed by atoms with E-state index in [9.17, 15) is 9.59 Å². The first-order valence-electron chi connectivity index (χ1n) is 18.7. The Labute approximate surface area is 309 Å². The number of aromatic amines is 1. The van der Waals surface area contributed by atoms with Crippen LogP contribution in [0.25, 0.3) is 33.4 Å². The van der Waals surface area contributed by atoms with Crippen molar-refractivity contribution in [2.75, 3.05) is 19.7 Å². The van der Waals surface area contributed by atoms with E-state index < -0.39 is 19.3 Å². The molecule has 2 amide bonds. The van der Waals surface area contributed by atoms with Crippen molar-refractivity contribution in [2.45, 2.75) is 123 Å². The first-order valence-corrected chi connectivity index (χ1v) is 22.4. The van der Waals surface area contributed by atoms with Gasteiger partial charge in [-0.25, -0.2) is 19.6 Å². The van der Waals surface area contributed by atoms with E-state index in [4.69, 9.17) is 19.2 Å². The Hall–Kier alpha value is -4.16. The molecule has 2 fully saturated rings. The molecule has 0 unspecified atom stereocenters. The van der Waals surface area contributed by atoms with E-state index in [0.717, 1.165) is 76.8 Å². The number of H-pyrrole nitrogens is 1. The average molecular weight is 729 g/mol. The Morgan fingerprint density at radius 1 is 0.827 bits per heavy atom. The van der Waals surface area contributed by atoms with Crippen LogP contribution >= 0.6 is 0 Å². The van der Waals surface area contributed by atoms with E-state index in [2.05, 4.69) is 76.6 Å². The zero-order chi connectivity index (χ0) is 37.4. The highest BCUT2D eigenvalue weighted by Gasteiger charge is 2.37. The molecule has 1 N–H and O–H groups in total. The van der Waals surface area contributed by atoms with Crippen LogP contribution in [0.5, 0.6) is 0 Å². The summed E-state index contributed by atoms with van der Waals surface area (Å²) in [7, 11) is -1.27. The van der Waals surface area contributed by atoms with Crippen LogP contribution in [0.15, 0.2) is 48.7 Å². The molecule has 11 nitrogen and oxygen atoms in total. The highest BCUT2D eigenvalue weighted by atomic mass is 28.3. The summed E-state index contributed by atoms with van der Waals surface area (Å²) in [5.74, 6) is 1.61. The maximum Gasteiger partial charge on any atom is 0.410 e. The number of nitrogens with zero attached hydrogens (tertiary/aromatic N) is 5. The van der Waals surface area contributed by atoms with Crippen LogP contribution in [-0.2, 0) is 20.9 Å². The number of rotatable bonds is 9. The molecule has 4 heterocycles. The molecule has 0 bridgehead atoms. The van der Waals surface area contributed by atoms with Crippen LogP contribution in [0.4, 0.5) is 9.59 Å². The highest BCUT2D eigenvalue weighted by molar-refractivity contribution is 6.76. The number of nitrogens with one attached hydrogen (secondary N) is 1. The lowest BCUT2D eigenvalue weighted by Gasteiger charge is -2.28. The molecule has 0 radical (unpaired) electrons. The molecule has 2 aliphatic rings. The van der Waals surface area contributed by atoms with E-state index in [1.54, 1.807) is 4.90 Å². The third kappa shape index (κ3) is 8.89. The van der Waals surface area contributed by atoms with Gasteiger partial charge >= 0.3 is 12.2 Å². The van der Waals surface area contributed by atoms with E-state index >= 15 is 0 Å². The molecule has 4 aromatic rings. The third-order valence-corrected chi connectivity index (χ3v) is 11.2. The molecule has 2 aromatic heterocycles. The fraction of sp³-hybridized carbons (Fsp3) is 0.550. The van der Waals surface area contributed by atoms with Crippen molar-refractivity contribution in [3.63, 3.8) is 0 Å². The smallest absolute Gasteiger partial charge is 0.410 e. The van der Waals surface area contributed by atoms with Crippen molar-refractivity contribution < 1.29 is 23.8 Å². The van der Waals surface area contributed by atoms with Gasteiger partial charge < -0.3 is 23.8 Å². The van der Waals surface area contributed by atoms with Crippen LogP contribution in [0.1, 0.15) is 91.0 Å². The molecule has 0 saturated carbocycles. The second-order valence-electron chi connectivity index (χ2n) is 17.4. The van der Waals surface area contributed by atoms with Gasteiger partial charge in [0.2, 0.25) is 0 Å². The van der Waals surface area contributed by atoms with Gasteiger partial charge in [-0.3, -0.25) is 9.80 Å². The first-order chi connectivity index (χ1) is 24.5. The van der Waals surface area contributed by atoms with Gasteiger partial charge in [0.05, 0.1) is 35.0 Å². The predicted molar refractivity (Wildman–Crippen MR) is 207 cm³/mol. The fourth-order valence-corrected chi connectivity index (χ4v) is 7.66. The van der Waals surface area contributed by atoms with Crippen LogP contribution in [0, 0.1) is 0 Å². The molecule has 6 rings (SSSR count). The highest BCUT2D eigenvalue weighted by Crippen LogP contribution is 2.37. The normalized spacial score (nSPS) is 18.4. The van der Waals surface area contributed by atoms with Crippen molar-refractivity contribution in [3.8, 4) is 22.4 Å². The summed E-state index contributed by atoms with van der Waals surface area (Å²) in [5, 5.41) is 0. The number of ether oxygens (including phenoxy) is 3. The number of likely N-dealkylation sites (tertiary alicyclic amines) is 2. The van der Waals surface area contributed by atoms with E-state index in [1.165, 1.54) is 0 Å². The fourth-order valence-electron chi connectivity index (χ4n) is 6.90. The lowest BCUT2D eigenvalue weighted by atomic mass is 10.0. The Balaban J connectivity index is 1.25. The van der Waals surface area contributed by atoms with Gasteiger partial charge in [0, 0.05) is 27.8 Å². The summed E-state index contributed by atoms with van der Waals surface area (Å²) >= 11 is 0. The topological polar surface area (TPSA) is 115 Å². The minimum absolute atomic E-state index is 0.135. The van der Waals surface area contributed by atoms with Crippen LogP contribution < -0.4 is 0 Å². The first kappa shape index (κ1) is 37.6. The van der Waals surface area contributed by atoms with Gasteiger partial charge in [-0.15, -0.1) is 0 Å². The van der Waals surface area contributed by atoms with Gasteiger partial charge in [0.25, 0.3) is 0 Å². The minimum atomic E-state index is -1.27. The van der Waals surface area contributed by atoms with Gasteiger partial charge in [0.15, 0.2) is 0 Å². The standard InChI is InChI=1S/C40H56N6O5Si/c1-39(2,3)50-37(47)44-20-10-12-32(44)35-41-25-31(42-35)28-16-14-27(15-17-28)29-18-19-30-34(24-29)46(26-49-22-23-52(7,8)9)36(43-30)33-13-11-21-45(33)38(48)51-40(4,5)6/h14-19,24-25,32-33H,10-13,20-23,26H2,1-9H3,(H,41,42)/t32-,33-/m0/s1. The monoisotopic (exact) mass is 728 g/mol.